The minimum atomic E-state index is -0.658. The van der Waals surface area contributed by atoms with Crippen LogP contribution in [0.25, 0.3) is 5.57 Å². The maximum atomic E-state index is 11.3. The van der Waals surface area contributed by atoms with Crippen LogP contribution in [0.3, 0.4) is 0 Å². The summed E-state index contributed by atoms with van der Waals surface area (Å²) in [7, 11) is 2.07. The molecular weight excluding hydrogens is 324 g/mol. The van der Waals surface area contributed by atoms with E-state index in [0.717, 1.165) is 32.4 Å². The van der Waals surface area contributed by atoms with Gasteiger partial charge in [0.1, 0.15) is 0 Å². The molecule has 2 aromatic rings. The lowest BCUT2D eigenvalue weighted by molar-refractivity contribution is -0.143. The Morgan fingerprint density at radius 3 is 2.77 bits per heavy atom. The topological polar surface area (TPSA) is 45.5 Å². The molecule has 0 bridgehead atoms. The average molecular weight is 352 g/mol. The molecule has 0 aliphatic carbocycles. The molecule has 1 aliphatic rings. The van der Waals surface area contributed by atoms with Gasteiger partial charge in [0.05, 0.1) is 5.92 Å². The molecule has 1 atom stereocenters. The molecule has 0 saturated carbocycles. The van der Waals surface area contributed by atoms with Crippen LogP contribution in [0, 0.1) is 12.8 Å². The largest absolute Gasteiger partial charge is 0.481 e. The minimum Gasteiger partial charge on any atom is -0.481 e. The number of aryl methyl sites for hydroxylation is 2. The van der Waals surface area contributed by atoms with Crippen LogP contribution in [-0.2, 0) is 11.8 Å². The zero-order chi connectivity index (χ0) is 18.5. The molecule has 1 aromatic heterocycles. The molecule has 2 heterocycles. The van der Waals surface area contributed by atoms with E-state index in [1.165, 1.54) is 22.4 Å². The lowest BCUT2D eigenvalue weighted by Gasteiger charge is -2.30. The van der Waals surface area contributed by atoms with Crippen LogP contribution < -0.4 is 0 Å². The number of rotatable bonds is 6. The van der Waals surface area contributed by atoms with E-state index in [1.807, 2.05) is 0 Å². The second-order valence-electron chi connectivity index (χ2n) is 7.20. The van der Waals surface area contributed by atoms with Crippen molar-refractivity contribution in [2.75, 3.05) is 19.6 Å². The highest BCUT2D eigenvalue weighted by Gasteiger charge is 2.24. The number of hydrogen-bond donors (Lipinski definition) is 1. The third-order valence-corrected chi connectivity index (χ3v) is 5.30. The van der Waals surface area contributed by atoms with E-state index >= 15 is 0 Å². The van der Waals surface area contributed by atoms with Crippen LogP contribution in [0.2, 0.25) is 0 Å². The summed E-state index contributed by atoms with van der Waals surface area (Å²) in [5.41, 5.74) is 4.99. The van der Waals surface area contributed by atoms with Gasteiger partial charge < -0.3 is 14.6 Å². The van der Waals surface area contributed by atoms with Gasteiger partial charge in [0.25, 0.3) is 0 Å². The van der Waals surface area contributed by atoms with Gasteiger partial charge in [0.15, 0.2) is 0 Å². The number of carboxylic acid groups (broad SMARTS) is 1. The summed E-state index contributed by atoms with van der Waals surface area (Å²) in [4.78, 5) is 13.5. The fourth-order valence-corrected chi connectivity index (χ4v) is 3.82. The zero-order valence-corrected chi connectivity index (χ0v) is 15.7. The molecule has 1 unspecified atom stereocenters. The quantitative estimate of drug-likeness (QED) is 0.856. The van der Waals surface area contributed by atoms with Crippen molar-refractivity contribution in [2.45, 2.75) is 26.2 Å². The van der Waals surface area contributed by atoms with Crippen molar-refractivity contribution >= 4 is 11.5 Å². The minimum absolute atomic E-state index is 0.212. The van der Waals surface area contributed by atoms with Crippen molar-refractivity contribution in [3.8, 4) is 0 Å². The molecule has 4 nitrogen and oxygen atoms in total. The van der Waals surface area contributed by atoms with E-state index in [1.54, 1.807) is 0 Å². The predicted octanol–water partition coefficient (Wildman–Crippen LogP) is 3.95. The molecule has 3 rings (SSSR count). The van der Waals surface area contributed by atoms with Gasteiger partial charge in [-0.05, 0) is 56.0 Å². The van der Waals surface area contributed by atoms with E-state index in [-0.39, 0.29) is 5.92 Å². The highest BCUT2D eigenvalue weighted by atomic mass is 16.4. The van der Waals surface area contributed by atoms with E-state index in [9.17, 15) is 9.90 Å². The van der Waals surface area contributed by atoms with Gasteiger partial charge in [-0.2, -0.15) is 0 Å². The van der Waals surface area contributed by atoms with E-state index < -0.39 is 5.97 Å². The van der Waals surface area contributed by atoms with Crippen LogP contribution in [-0.4, -0.2) is 40.2 Å². The Morgan fingerprint density at radius 1 is 1.27 bits per heavy atom. The predicted molar refractivity (Wildman–Crippen MR) is 105 cm³/mol. The molecule has 1 aromatic carbocycles. The Balaban J connectivity index is 1.77. The first-order valence-corrected chi connectivity index (χ1v) is 9.39. The molecular formula is C22H28N2O2. The van der Waals surface area contributed by atoms with E-state index in [2.05, 4.69) is 72.1 Å². The molecule has 0 spiro atoms. The Kier molecular flexibility index (Phi) is 5.94. The van der Waals surface area contributed by atoms with Crippen molar-refractivity contribution < 1.29 is 9.90 Å². The molecule has 4 heteroatoms. The summed E-state index contributed by atoms with van der Waals surface area (Å²) >= 11 is 0. The van der Waals surface area contributed by atoms with E-state index in [0.29, 0.717) is 6.54 Å². The average Bonchev–Trinajstić information content (AvgIpc) is 3.06. The molecule has 138 valence electrons. The van der Waals surface area contributed by atoms with Crippen LogP contribution in [0.15, 0.2) is 48.7 Å². The summed E-state index contributed by atoms with van der Waals surface area (Å²) in [6.07, 6.45) is 7.08. The van der Waals surface area contributed by atoms with Crippen molar-refractivity contribution in [3.63, 3.8) is 0 Å². The summed E-state index contributed by atoms with van der Waals surface area (Å²) in [5, 5.41) is 9.26. The van der Waals surface area contributed by atoms with Crippen molar-refractivity contribution in [1.82, 2.24) is 9.47 Å². The molecule has 1 aliphatic heterocycles. The Bertz CT molecular complexity index is 791. The first-order chi connectivity index (χ1) is 12.6. The molecule has 1 N–H and O–H groups in total. The Morgan fingerprint density at radius 2 is 2.08 bits per heavy atom. The number of likely N-dealkylation sites (tertiary alicyclic amines) is 1. The summed E-state index contributed by atoms with van der Waals surface area (Å²) in [6, 6.07) is 12.7. The normalized spacial score (nSPS) is 18.8. The van der Waals surface area contributed by atoms with Gasteiger partial charge in [0, 0.05) is 37.6 Å². The van der Waals surface area contributed by atoms with Crippen molar-refractivity contribution in [1.29, 1.82) is 0 Å². The SMILES string of the molecule is Cc1ccccc1C(=CCCN1CCCC(C(=O)O)C1)c1cccn1C. The third kappa shape index (κ3) is 4.25. The first kappa shape index (κ1) is 18.5. The van der Waals surface area contributed by atoms with Gasteiger partial charge in [-0.25, -0.2) is 0 Å². The second kappa shape index (κ2) is 8.37. The van der Waals surface area contributed by atoms with Crippen LogP contribution in [0.1, 0.15) is 36.1 Å². The number of hydrogen-bond acceptors (Lipinski definition) is 2. The molecule has 0 radical (unpaired) electrons. The lowest BCUT2D eigenvalue weighted by atomic mass is 9.96. The van der Waals surface area contributed by atoms with E-state index in [4.69, 9.17) is 0 Å². The smallest absolute Gasteiger partial charge is 0.307 e. The van der Waals surface area contributed by atoms with Crippen molar-refractivity contribution in [3.05, 3.63) is 65.5 Å². The number of piperidine rings is 1. The monoisotopic (exact) mass is 352 g/mol. The molecule has 0 amide bonds. The highest BCUT2D eigenvalue weighted by Crippen LogP contribution is 2.27. The fourth-order valence-electron chi connectivity index (χ4n) is 3.82. The lowest BCUT2D eigenvalue weighted by Crippen LogP contribution is -2.39. The second-order valence-corrected chi connectivity index (χ2v) is 7.20. The van der Waals surface area contributed by atoms with Crippen molar-refractivity contribution in [2.24, 2.45) is 13.0 Å². The first-order valence-electron chi connectivity index (χ1n) is 9.39. The number of aromatic nitrogens is 1. The number of carboxylic acids is 1. The number of aliphatic carboxylic acids is 1. The maximum Gasteiger partial charge on any atom is 0.307 e. The van der Waals surface area contributed by atoms with Crippen LogP contribution in [0.5, 0.6) is 0 Å². The van der Waals surface area contributed by atoms with Gasteiger partial charge in [-0.3, -0.25) is 4.79 Å². The number of carbonyl (C=O) groups is 1. The summed E-state index contributed by atoms with van der Waals surface area (Å²) in [6.45, 7) is 4.73. The molecule has 1 saturated heterocycles. The van der Waals surface area contributed by atoms with Gasteiger partial charge in [0.2, 0.25) is 0 Å². The third-order valence-electron chi connectivity index (χ3n) is 5.30. The standard InChI is InChI=1S/C22H28N2O2/c1-17-8-3-4-10-19(17)20(21-12-7-13-23(21)2)11-6-15-24-14-5-9-18(16-24)22(25)26/h3-4,7-8,10-13,18H,5-6,9,14-16H2,1-2H3,(H,25,26). The summed E-state index contributed by atoms with van der Waals surface area (Å²) in [5.74, 6) is -0.869. The summed E-state index contributed by atoms with van der Waals surface area (Å²) < 4.78 is 2.15. The van der Waals surface area contributed by atoms with Gasteiger partial charge in [-0.1, -0.05) is 30.3 Å². The van der Waals surface area contributed by atoms with Gasteiger partial charge >= 0.3 is 5.97 Å². The maximum absolute atomic E-state index is 11.3. The van der Waals surface area contributed by atoms with Gasteiger partial charge in [-0.15, -0.1) is 0 Å². The molecule has 26 heavy (non-hydrogen) atoms. The Labute approximate surface area is 155 Å². The van der Waals surface area contributed by atoms with Crippen LogP contribution >= 0.6 is 0 Å². The Hall–Kier alpha value is -2.33. The number of nitrogens with zero attached hydrogens (tertiary/aromatic N) is 2. The number of benzene rings is 1. The van der Waals surface area contributed by atoms with Crippen LogP contribution in [0.4, 0.5) is 0 Å². The molecule has 1 fully saturated rings. The fraction of sp³-hybridized carbons (Fsp3) is 0.409. The highest BCUT2D eigenvalue weighted by molar-refractivity contribution is 5.80. The zero-order valence-electron chi connectivity index (χ0n) is 15.7.